The Kier molecular flexibility index (Phi) is 9.77. The second kappa shape index (κ2) is 14.6. The number of allylic oxidation sites excluding steroid dienone is 7. The summed E-state index contributed by atoms with van der Waals surface area (Å²) in [5.74, 6) is -0.801. The van der Waals surface area contributed by atoms with Gasteiger partial charge in [-0.1, -0.05) is 173 Å². The smallest absolute Gasteiger partial charge is 0.305 e. The SMILES string of the molecule is C=C(/C=C/C=C/C=C1/N(CCC(=O)O)c2ccc3ccccc3c2C1(C)C)C(C)(Cc1ccc(-c2ccccc2)cc1)c1c(C)ccc2ccccc12. The number of carbonyl (C=O) groups is 1. The Balaban J connectivity index is 1.21. The number of nitrogens with zero attached hydrogens (tertiary/aromatic N) is 1. The highest BCUT2D eigenvalue weighted by molar-refractivity contribution is 5.95. The van der Waals surface area contributed by atoms with Crippen LogP contribution in [0.25, 0.3) is 32.7 Å². The van der Waals surface area contributed by atoms with Crippen LogP contribution in [-0.2, 0) is 22.0 Å². The van der Waals surface area contributed by atoms with Crippen LogP contribution in [0.1, 0.15) is 49.4 Å². The van der Waals surface area contributed by atoms with E-state index in [2.05, 4.69) is 184 Å². The zero-order valence-corrected chi connectivity index (χ0v) is 31.1. The van der Waals surface area contributed by atoms with Crippen molar-refractivity contribution < 1.29 is 9.90 Å². The fourth-order valence-electron chi connectivity index (χ4n) is 8.38. The maximum Gasteiger partial charge on any atom is 0.305 e. The van der Waals surface area contributed by atoms with Gasteiger partial charge in [0.1, 0.15) is 0 Å². The molecule has 0 saturated carbocycles. The van der Waals surface area contributed by atoms with Crippen molar-refractivity contribution in [2.24, 2.45) is 0 Å². The Hall–Kier alpha value is -5.93. The average Bonchev–Trinajstić information content (AvgIpc) is 3.39. The minimum Gasteiger partial charge on any atom is -0.481 e. The molecule has 0 radical (unpaired) electrons. The molecular formula is C50H47NO2. The van der Waals surface area contributed by atoms with Gasteiger partial charge in [-0.05, 0) is 86.0 Å². The van der Waals surface area contributed by atoms with Crippen molar-refractivity contribution in [1.29, 1.82) is 0 Å². The third-order valence-corrected chi connectivity index (χ3v) is 11.1. The monoisotopic (exact) mass is 693 g/mol. The van der Waals surface area contributed by atoms with Crippen LogP contribution in [0.5, 0.6) is 0 Å². The van der Waals surface area contributed by atoms with Gasteiger partial charge >= 0.3 is 5.97 Å². The molecule has 0 spiro atoms. The minimum atomic E-state index is -0.801. The molecule has 0 saturated heterocycles. The van der Waals surface area contributed by atoms with E-state index in [4.69, 9.17) is 6.58 Å². The summed E-state index contributed by atoms with van der Waals surface area (Å²) >= 11 is 0. The molecule has 6 aromatic rings. The number of rotatable bonds is 11. The zero-order valence-electron chi connectivity index (χ0n) is 31.1. The number of hydrogen-bond acceptors (Lipinski definition) is 2. The van der Waals surface area contributed by atoms with Gasteiger partial charge in [-0.2, -0.15) is 0 Å². The molecule has 0 fully saturated rings. The molecule has 3 heteroatoms. The highest BCUT2D eigenvalue weighted by atomic mass is 16.4. The molecule has 0 amide bonds. The maximum atomic E-state index is 11.7. The number of carboxylic acid groups (broad SMARTS) is 1. The topological polar surface area (TPSA) is 40.5 Å². The number of hydrogen-bond donors (Lipinski definition) is 1. The van der Waals surface area contributed by atoms with Gasteiger partial charge < -0.3 is 10.0 Å². The third-order valence-electron chi connectivity index (χ3n) is 11.1. The third kappa shape index (κ3) is 6.88. The molecular weight excluding hydrogens is 647 g/mol. The van der Waals surface area contributed by atoms with Gasteiger partial charge in [0.2, 0.25) is 0 Å². The van der Waals surface area contributed by atoms with Crippen LogP contribution in [-0.4, -0.2) is 17.6 Å². The van der Waals surface area contributed by atoms with Crippen molar-refractivity contribution in [3.05, 3.63) is 198 Å². The summed E-state index contributed by atoms with van der Waals surface area (Å²) in [5.41, 5.74) is 9.97. The maximum absolute atomic E-state index is 11.7. The van der Waals surface area contributed by atoms with Crippen LogP contribution in [0.3, 0.4) is 0 Å². The molecule has 1 atom stereocenters. The summed E-state index contributed by atoms with van der Waals surface area (Å²) in [5, 5.41) is 14.5. The van der Waals surface area contributed by atoms with Crippen LogP contribution in [0, 0.1) is 6.92 Å². The lowest BCUT2D eigenvalue weighted by atomic mass is 9.69. The van der Waals surface area contributed by atoms with Gasteiger partial charge in [0, 0.05) is 28.8 Å². The standard InChI is InChI=1S/C50H47NO2/c1-35-24-27-40-19-12-14-21-42(40)47(35)50(5,34-37-25-28-39(29-26-37)38-17-9-7-10-18-38)36(2)16-8-6-11-23-45-49(3,4)48-43-22-15-13-20-41(43)30-31-44(48)51(45)33-32-46(52)53/h6-31H,2,32-34H2,1,3-5H3,(H,52,53)/b11-6+,16-8+,45-23+. The van der Waals surface area contributed by atoms with Gasteiger partial charge in [0.15, 0.2) is 0 Å². The highest BCUT2D eigenvalue weighted by Crippen LogP contribution is 2.51. The Morgan fingerprint density at radius 1 is 0.755 bits per heavy atom. The molecule has 7 rings (SSSR count). The van der Waals surface area contributed by atoms with Gasteiger partial charge in [-0.25, -0.2) is 0 Å². The van der Waals surface area contributed by atoms with E-state index < -0.39 is 5.97 Å². The average molecular weight is 694 g/mol. The van der Waals surface area contributed by atoms with Crippen LogP contribution >= 0.6 is 0 Å². The summed E-state index contributed by atoms with van der Waals surface area (Å²) in [4.78, 5) is 13.9. The van der Waals surface area contributed by atoms with E-state index in [1.54, 1.807) is 0 Å². The second-order valence-corrected chi connectivity index (χ2v) is 15.0. The first-order chi connectivity index (χ1) is 25.6. The second-order valence-electron chi connectivity index (χ2n) is 15.0. The Morgan fingerprint density at radius 3 is 2.09 bits per heavy atom. The molecule has 0 bridgehead atoms. The molecule has 0 aromatic heterocycles. The molecule has 3 nitrogen and oxygen atoms in total. The van der Waals surface area contributed by atoms with Crippen LogP contribution in [0.15, 0.2) is 176 Å². The van der Waals surface area contributed by atoms with E-state index >= 15 is 0 Å². The minimum absolute atomic E-state index is 0.0598. The summed E-state index contributed by atoms with van der Waals surface area (Å²) in [6, 6.07) is 45.3. The molecule has 0 aliphatic carbocycles. The summed E-state index contributed by atoms with van der Waals surface area (Å²) in [6.07, 6.45) is 11.4. The van der Waals surface area contributed by atoms with Crippen molar-refractivity contribution >= 4 is 33.2 Å². The van der Waals surface area contributed by atoms with E-state index in [0.29, 0.717) is 6.54 Å². The van der Waals surface area contributed by atoms with Crippen molar-refractivity contribution in [1.82, 2.24) is 0 Å². The van der Waals surface area contributed by atoms with Crippen LogP contribution in [0.2, 0.25) is 0 Å². The van der Waals surface area contributed by atoms with Gasteiger partial charge in [-0.15, -0.1) is 0 Å². The Morgan fingerprint density at radius 2 is 1.38 bits per heavy atom. The normalized spacial score (nSPS) is 15.8. The number of fused-ring (bicyclic) bond motifs is 4. The lowest BCUT2D eigenvalue weighted by Gasteiger charge is -2.34. The summed E-state index contributed by atoms with van der Waals surface area (Å²) < 4.78 is 0. The molecule has 1 aliphatic rings. The fraction of sp³-hybridized carbons (Fsp3) is 0.180. The van der Waals surface area contributed by atoms with Gasteiger partial charge in [0.05, 0.1) is 6.42 Å². The van der Waals surface area contributed by atoms with E-state index in [9.17, 15) is 9.90 Å². The van der Waals surface area contributed by atoms with Crippen molar-refractivity contribution in [2.45, 2.75) is 51.4 Å². The van der Waals surface area contributed by atoms with Crippen molar-refractivity contribution in [3.63, 3.8) is 0 Å². The number of benzene rings is 6. The quantitative estimate of drug-likeness (QED) is 0.137. The Bertz CT molecular complexity index is 2410. The largest absolute Gasteiger partial charge is 0.481 e. The molecule has 1 aliphatic heterocycles. The van der Waals surface area contributed by atoms with Gasteiger partial charge in [-0.3, -0.25) is 4.79 Å². The fourth-order valence-corrected chi connectivity index (χ4v) is 8.38. The first-order valence-electron chi connectivity index (χ1n) is 18.5. The number of anilines is 1. The molecule has 53 heavy (non-hydrogen) atoms. The van der Waals surface area contributed by atoms with Crippen molar-refractivity contribution in [2.75, 3.05) is 11.4 Å². The van der Waals surface area contributed by atoms with Crippen molar-refractivity contribution in [3.8, 4) is 11.1 Å². The molecule has 6 aromatic carbocycles. The van der Waals surface area contributed by atoms with E-state index in [1.807, 2.05) is 6.07 Å². The lowest BCUT2D eigenvalue weighted by molar-refractivity contribution is -0.136. The van der Waals surface area contributed by atoms with E-state index in [-0.39, 0.29) is 17.3 Å². The molecule has 1 heterocycles. The molecule has 264 valence electrons. The molecule has 1 unspecified atom stereocenters. The summed E-state index contributed by atoms with van der Waals surface area (Å²) in [7, 11) is 0. The predicted molar refractivity (Wildman–Crippen MR) is 224 cm³/mol. The molecule has 1 N–H and O–H groups in total. The first-order valence-corrected chi connectivity index (χ1v) is 18.5. The van der Waals surface area contributed by atoms with Crippen LogP contribution in [0.4, 0.5) is 5.69 Å². The predicted octanol–water partition coefficient (Wildman–Crippen LogP) is 12.3. The zero-order chi connectivity index (χ0) is 37.2. The number of aryl methyl sites for hydroxylation is 1. The van der Waals surface area contributed by atoms with E-state index in [1.165, 1.54) is 54.9 Å². The lowest BCUT2D eigenvalue weighted by Crippen LogP contribution is -2.28. The summed E-state index contributed by atoms with van der Waals surface area (Å²) in [6.45, 7) is 14.1. The Labute approximate surface area is 313 Å². The first kappa shape index (κ1) is 35.5. The highest BCUT2D eigenvalue weighted by Gasteiger charge is 2.41. The number of carboxylic acids is 1. The van der Waals surface area contributed by atoms with Crippen LogP contribution < -0.4 is 4.90 Å². The number of aliphatic carboxylic acids is 1. The van der Waals surface area contributed by atoms with E-state index in [0.717, 1.165) is 23.4 Å². The van der Waals surface area contributed by atoms with Gasteiger partial charge in [0.25, 0.3) is 0 Å².